The molecule has 100 valence electrons. The molecule has 1 fully saturated rings. The van der Waals surface area contributed by atoms with Gasteiger partial charge in [0.05, 0.1) is 4.90 Å². The van der Waals surface area contributed by atoms with Gasteiger partial charge in [-0.1, -0.05) is 15.9 Å². The van der Waals surface area contributed by atoms with E-state index >= 15 is 0 Å². The van der Waals surface area contributed by atoms with E-state index in [9.17, 15) is 8.42 Å². The molecule has 0 saturated carbocycles. The molecule has 0 aliphatic carbocycles. The molecule has 2 rings (SSSR count). The lowest BCUT2D eigenvalue weighted by Gasteiger charge is -2.23. The van der Waals surface area contributed by atoms with Gasteiger partial charge in [-0.3, -0.25) is 0 Å². The van der Waals surface area contributed by atoms with Gasteiger partial charge in [-0.25, -0.2) is 13.1 Å². The normalized spacial score (nSPS) is 20.9. The lowest BCUT2D eigenvalue weighted by molar-refractivity contribution is 0.428. The third-order valence-electron chi connectivity index (χ3n) is 2.80. The van der Waals surface area contributed by atoms with E-state index in [0.29, 0.717) is 11.0 Å². The van der Waals surface area contributed by atoms with E-state index in [2.05, 4.69) is 41.9 Å². The first-order valence-electron chi connectivity index (χ1n) is 5.67. The van der Waals surface area contributed by atoms with Gasteiger partial charge in [-0.2, -0.15) is 0 Å². The average Bonchev–Trinajstić information content (AvgIpc) is 2.33. The molecule has 0 amide bonds. The van der Waals surface area contributed by atoms with E-state index in [1.165, 1.54) is 0 Å². The third-order valence-corrected chi connectivity index (χ3v) is 5.81. The first-order chi connectivity index (χ1) is 8.49. The number of sulfonamides is 1. The van der Waals surface area contributed by atoms with Crippen molar-refractivity contribution < 1.29 is 8.42 Å². The monoisotopic (exact) mass is 396 g/mol. The van der Waals surface area contributed by atoms with Crippen LogP contribution in [0.2, 0.25) is 0 Å². The number of rotatable bonds is 3. The van der Waals surface area contributed by atoms with Crippen LogP contribution in [0, 0.1) is 0 Å². The minimum absolute atomic E-state index is 0.0327. The maximum atomic E-state index is 12.3. The smallest absolute Gasteiger partial charge is 0.242 e. The Balaban J connectivity index is 2.21. The van der Waals surface area contributed by atoms with Crippen LogP contribution in [0.25, 0.3) is 0 Å². The molecule has 1 atom stereocenters. The van der Waals surface area contributed by atoms with Crippen LogP contribution in [0.4, 0.5) is 0 Å². The van der Waals surface area contributed by atoms with Gasteiger partial charge >= 0.3 is 0 Å². The van der Waals surface area contributed by atoms with Crippen LogP contribution < -0.4 is 10.0 Å². The molecule has 1 aromatic carbocycles. The highest BCUT2D eigenvalue weighted by Gasteiger charge is 2.23. The van der Waals surface area contributed by atoms with E-state index in [0.717, 1.165) is 23.9 Å². The molecule has 1 unspecified atom stereocenters. The number of hydrogen-bond acceptors (Lipinski definition) is 3. The van der Waals surface area contributed by atoms with E-state index in [1.54, 1.807) is 18.2 Å². The van der Waals surface area contributed by atoms with Crippen molar-refractivity contribution in [1.29, 1.82) is 0 Å². The van der Waals surface area contributed by atoms with Gasteiger partial charge in [-0.05, 0) is 53.5 Å². The number of hydrogen-bond donors (Lipinski definition) is 2. The molecule has 0 bridgehead atoms. The molecule has 1 aliphatic heterocycles. The van der Waals surface area contributed by atoms with Gasteiger partial charge < -0.3 is 5.32 Å². The second-order valence-corrected chi connectivity index (χ2v) is 7.69. The summed E-state index contributed by atoms with van der Waals surface area (Å²) >= 11 is 6.56. The quantitative estimate of drug-likeness (QED) is 0.822. The predicted octanol–water partition coefficient (Wildman–Crippen LogP) is 2.24. The SMILES string of the molecule is O=S(=O)(NC1CCCNC1)c1cc(Br)ccc1Br. The minimum Gasteiger partial charge on any atom is -0.315 e. The van der Waals surface area contributed by atoms with Crippen LogP contribution in [0.5, 0.6) is 0 Å². The fourth-order valence-corrected chi connectivity index (χ4v) is 4.69. The summed E-state index contributed by atoms with van der Waals surface area (Å²) in [5.74, 6) is 0. The summed E-state index contributed by atoms with van der Waals surface area (Å²) in [4.78, 5) is 0.266. The molecule has 1 aromatic rings. The Morgan fingerprint density at radius 3 is 2.78 bits per heavy atom. The van der Waals surface area contributed by atoms with Crippen molar-refractivity contribution in [2.45, 2.75) is 23.8 Å². The molecule has 0 spiro atoms. The van der Waals surface area contributed by atoms with Gasteiger partial charge in [0.15, 0.2) is 0 Å². The Morgan fingerprint density at radius 2 is 2.11 bits per heavy atom. The lowest BCUT2D eigenvalue weighted by atomic mass is 10.1. The maximum absolute atomic E-state index is 12.3. The Hall–Kier alpha value is 0.0500. The summed E-state index contributed by atoms with van der Waals surface area (Å²) < 4.78 is 28.6. The van der Waals surface area contributed by atoms with Crippen molar-refractivity contribution in [3.05, 3.63) is 27.1 Å². The number of benzene rings is 1. The topological polar surface area (TPSA) is 58.2 Å². The first-order valence-corrected chi connectivity index (χ1v) is 8.74. The van der Waals surface area contributed by atoms with Crippen molar-refractivity contribution >= 4 is 41.9 Å². The van der Waals surface area contributed by atoms with Gasteiger partial charge in [0, 0.05) is 21.5 Å². The molecule has 0 aromatic heterocycles. The summed E-state index contributed by atoms with van der Waals surface area (Å²) in [7, 11) is -3.48. The number of halogens is 2. The molecule has 0 radical (unpaired) electrons. The predicted molar refractivity (Wildman–Crippen MR) is 78.1 cm³/mol. The molecule has 1 heterocycles. The van der Waals surface area contributed by atoms with Crippen LogP contribution in [-0.2, 0) is 10.0 Å². The van der Waals surface area contributed by atoms with Gasteiger partial charge in [-0.15, -0.1) is 0 Å². The van der Waals surface area contributed by atoms with Crippen LogP contribution in [0.15, 0.2) is 32.0 Å². The van der Waals surface area contributed by atoms with Crippen molar-refractivity contribution in [1.82, 2.24) is 10.0 Å². The van der Waals surface area contributed by atoms with Crippen molar-refractivity contribution in [2.24, 2.45) is 0 Å². The summed E-state index contributed by atoms with van der Waals surface area (Å²) in [6.45, 7) is 1.64. The van der Waals surface area contributed by atoms with Gasteiger partial charge in [0.25, 0.3) is 0 Å². The maximum Gasteiger partial charge on any atom is 0.242 e. The molecule has 7 heteroatoms. The zero-order valence-corrected chi connectivity index (χ0v) is 13.6. The first kappa shape index (κ1) is 14.5. The Bertz CT molecular complexity index is 528. The average molecular weight is 398 g/mol. The molecule has 1 saturated heterocycles. The van der Waals surface area contributed by atoms with E-state index in [1.807, 2.05) is 0 Å². The summed E-state index contributed by atoms with van der Waals surface area (Å²) in [6.07, 6.45) is 1.87. The standard InChI is InChI=1S/C11H14Br2N2O2S/c12-8-3-4-10(13)11(6-8)18(16,17)15-9-2-1-5-14-7-9/h3-4,6,9,14-15H,1-2,5,7H2. The van der Waals surface area contributed by atoms with E-state index < -0.39 is 10.0 Å². The third kappa shape index (κ3) is 3.54. The van der Waals surface area contributed by atoms with Crippen molar-refractivity contribution in [2.75, 3.05) is 13.1 Å². The lowest BCUT2D eigenvalue weighted by Crippen LogP contribution is -2.45. The van der Waals surface area contributed by atoms with Gasteiger partial charge in [0.2, 0.25) is 10.0 Å². The highest BCUT2D eigenvalue weighted by atomic mass is 79.9. The second kappa shape index (κ2) is 6.00. The van der Waals surface area contributed by atoms with Crippen molar-refractivity contribution in [3.63, 3.8) is 0 Å². The molecule has 2 N–H and O–H groups in total. The van der Waals surface area contributed by atoms with E-state index in [-0.39, 0.29) is 10.9 Å². The molecular formula is C11H14Br2N2O2S. The molecule has 4 nitrogen and oxygen atoms in total. The largest absolute Gasteiger partial charge is 0.315 e. The van der Waals surface area contributed by atoms with E-state index in [4.69, 9.17) is 0 Å². The number of piperidine rings is 1. The highest BCUT2D eigenvalue weighted by Crippen LogP contribution is 2.26. The Morgan fingerprint density at radius 1 is 1.33 bits per heavy atom. The van der Waals surface area contributed by atoms with Crippen LogP contribution >= 0.6 is 31.9 Å². The van der Waals surface area contributed by atoms with Crippen molar-refractivity contribution in [3.8, 4) is 0 Å². The van der Waals surface area contributed by atoms with Gasteiger partial charge in [0.1, 0.15) is 0 Å². The molecular weight excluding hydrogens is 384 g/mol. The fraction of sp³-hybridized carbons (Fsp3) is 0.455. The zero-order chi connectivity index (χ0) is 13.2. The molecule has 1 aliphatic rings. The summed E-state index contributed by atoms with van der Waals surface area (Å²) in [5, 5.41) is 3.19. The van der Waals surface area contributed by atoms with Crippen LogP contribution in [-0.4, -0.2) is 27.5 Å². The zero-order valence-electron chi connectivity index (χ0n) is 9.62. The molecule has 18 heavy (non-hydrogen) atoms. The minimum atomic E-state index is -3.48. The second-order valence-electron chi connectivity index (χ2n) is 4.24. The Labute approximate surface area is 124 Å². The summed E-state index contributed by atoms with van der Waals surface area (Å²) in [6, 6.07) is 5.08. The fourth-order valence-electron chi connectivity index (χ4n) is 1.92. The van der Waals surface area contributed by atoms with Crippen LogP contribution in [0.1, 0.15) is 12.8 Å². The summed E-state index contributed by atoms with van der Waals surface area (Å²) in [5.41, 5.74) is 0. The number of nitrogens with one attached hydrogen (secondary N) is 2. The highest BCUT2D eigenvalue weighted by molar-refractivity contribution is 9.11. The van der Waals surface area contributed by atoms with Crippen LogP contribution in [0.3, 0.4) is 0 Å². The Kier molecular flexibility index (Phi) is 4.82.